The maximum absolute atomic E-state index is 13.4. The molecule has 0 bridgehead atoms. The van der Waals surface area contributed by atoms with Crippen molar-refractivity contribution < 1.29 is 14.0 Å². The maximum Gasteiger partial charge on any atom is 0.273 e. The fourth-order valence-corrected chi connectivity index (χ4v) is 2.69. The van der Waals surface area contributed by atoms with Crippen LogP contribution in [0.2, 0.25) is 0 Å². The van der Waals surface area contributed by atoms with E-state index in [2.05, 4.69) is 25.8 Å². The molecule has 9 nitrogen and oxygen atoms in total. The number of anilines is 3. The molecule has 0 radical (unpaired) electrons. The molecule has 0 saturated carbocycles. The predicted octanol–water partition coefficient (Wildman–Crippen LogP) is 1.67. The zero-order valence-electron chi connectivity index (χ0n) is 16.1. The van der Waals surface area contributed by atoms with E-state index >= 15 is 0 Å². The van der Waals surface area contributed by atoms with Gasteiger partial charge in [0.25, 0.3) is 5.91 Å². The Bertz CT molecular complexity index is 1070. The van der Waals surface area contributed by atoms with E-state index in [0.717, 1.165) is 5.56 Å². The second kappa shape index (κ2) is 8.95. The van der Waals surface area contributed by atoms with Gasteiger partial charge in [-0.15, -0.1) is 10.2 Å². The molecule has 2 aromatic carbocycles. The van der Waals surface area contributed by atoms with Gasteiger partial charge in [-0.05, 0) is 36.8 Å². The molecule has 1 heterocycles. The molecular weight excluding hydrogens is 389 g/mol. The lowest BCUT2D eigenvalue weighted by Gasteiger charge is -2.16. The lowest BCUT2D eigenvalue weighted by Crippen LogP contribution is -2.38. The van der Waals surface area contributed by atoms with Gasteiger partial charge in [-0.2, -0.15) is 4.98 Å². The first-order chi connectivity index (χ1) is 14.3. The van der Waals surface area contributed by atoms with E-state index in [4.69, 9.17) is 11.5 Å². The fourth-order valence-electron chi connectivity index (χ4n) is 2.69. The summed E-state index contributed by atoms with van der Waals surface area (Å²) >= 11 is 0. The molecule has 0 aliphatic heterocycles. The Hall–Kier alpha value is -4.08. The Kier molecular flexibility index (Phi) is 6.16. The van der Waals surface area contributed by atoms with Crippen LogP contribution in [0.1, 0.15) is 21.6 Å². The molecule has 3 aromatic rings. The van der Waals surface area contributed by atoms with Gasteiger partial charge in [-0.1, -0.05) is 29.8 Å². The quantitative estimate of drug-likeness (QED) is 0.442. The number of nitrogens with zero attached hydrogens (tertiary/aromatic N) is 3. The largest absolute Gasteiger partial charge is 0.368 e. The highest BCUT2D eigenvalue weighted by Gasteiger charge is 2.20. The minimum atomic E-state index is -0.930. The molecule has 0 fully saturated rings. The molecule has 0 aliphatic carbocycles. The molecule has 2 amide bonds. The van der Waals surface area contributed by atoms with Gasteiger partial charge in [-0.25, -0.2) is 4.39 Å². The topological polar surface area (TPSA) is 149 Å². The molecular formula is C20H20FN7O2. The van der Waals surface area contributed by atoms with Crippen molar-refractivity contribution in [1.29, 1.82) is 0 Å². The molecule has 0 aliphatic rings. The number of amides is 2. The highest BCUT2D eigenvalue weighted by atomic mass is 19.1. The van der Waals surface area contributed by atoms with Crippen LogP contribution in [-0.2, 0) is 11.2 Å². The minimum absolute atomic E-state index is 0.0465. The van der Waals surface area contributed by atoms with Crippen molar-refractivity contribution in [1.82, 2.24) is 15.2 Å². The fraction of sp³-hybridized carbons (Fsp3) is 0.150. The van der Waals surface area contributed by atoms with Gasteiger partial charge in [0.15, 0.2) is 11.5 Å². The number of aromatic nitrogens is 3. The molecule has 1 atom stereocenters. The Morgan fingerprint density at radius 1 is 1.10 bits per heavy atom. The van der Waals surface area contributed by atoms with Crippen molar-refractivity contribution in [3.63, 3.8) is 0 Å². The van der Waals surface area contributed by atoms with Gasteiger partial charge in [-0.3, -0.25) is 9.59 Å². The highest BCUT2D eigenvalue weighted by molar-refractivity contribution is 5.96. The van der Waals surface area contributed by atoms with Crippen LogP contribution in [0.5, 0.6) is 0 Å². The van der Waals surface area contributed by atoms with Gasteiger partial charge < -0.3 is 22.1 Å². The van der Waals surface area contributed by atoms with Crippen LogP contribution in [0.25, 0.3) is 0 Å². The van der Waals surface area contributed by atoms with Crippen molar-refractivity contribution >= 4 is 29.3 Å². The third-order valence-electron chi connectivity index (χ3n) is 4.21. The first-order valence-corrected chi connectivity index (χ1v) is 9.00. The van der Waals surface area contributed by atoms with E-state index in [-0.39, 0.29) is 23.9 Å². The molecule has 154 valence electrons. The second-order valence-electron chi connectivity index (χ2n) is 6.62. The summed E-state index contributed by atoms with van der Waals surface area (Å²) in [5.74, 6) is -1.91. The first kappa shape index (κ1) is 20.6. The average Bonchev–Trinajstić information content (AvgIpc) is 2.69. The first-order valence-electron chi connectivity index (χ1n) is 9.00. The predicted molar refractivity (Wildman–Crippen MR) is 110 cm³/mol. The normalized spacial score (nSPS) is 11.5. The van der Waals surface area contributed by atoms with Crippen molar-refractivity contribution in [2.45, 2.75) is 19.4 Å². The van der Waals surface area contributed by atoms with Crippen LogP contribution in [0.3, 0.4) is 0 Å². The van der Waals surface area contributed by atoms with Gasteiger partial charge in [0.1, 0.15) is 11.9 Å². The molecule has 10 heteroatoms. The Labute approximate surface area is 171 Å². The summed E-state index contributed by atoms with van der Waals surface area (Å²) in [4.78, 5) is 27.8. The molecule has 0 unspecified atom stereocenters. The Morgan fingerprint density at radius 2 is 1.83 bits per heavy atom. The van der Waals surface area contributed by atoms with E-state index in [0.29, 0.717) is 11.3 Å². The monoisotopic (exact) mass is 409 g/mol. The smallest absolute Gasteiger partial charge is 0.273 e. The van der Waals surface area contributed by atoms with Crippen molar-refractivity contribution in [2.24, 2.45) is 11.5 Å². The minimum Gasteiger partial charge on any atom is -0.368 e. The lowest BCUT2D eigenvalue weighted by molar-refractivity contribution is -0.118. The zero-order chi connectivity index (χ0) is 21.7. The summed E-state index contributed by atoms with van der Waals surface area (Å²) < 4.78 is 13.4. The summed E-state index contributed by atoms with van der Waals surface area (Å²) in [6, 6.07) is 12.2. The van der Waals surface area contributed by atoms with Crippen LogP contribution < -0.4 is 22.1 Å². The molecule has 0 spiro atoms. The summed E-state index contributed by atoms with van der Waals surface area (Å²) in [7, 11) is 0. The molecule has 0 saturated heterocycles. The van der Waals surface area contributed by atoms with Gasteiger partial charge >= 0.3 is 0 Å². The number of carbonyl (C=O) groups excluding carboxylic acids is 2. The van der Waals surface area contributed by atoms with E-state index in [1.165, 1.54) is 18.2 Å². The number of carbonyl (C=O) groups is 2. The van der Waals surface area contributed by atoms with Crippen LogP contribution in [-0.4, -0.2) is 33.0 Å². The molecule has 1 aromatic heterocycles. The van der Waals surface area contributed by atoms with Crippen molar-refractivity contribution in [3.05, 3.63) is 71.2 Å². The van der Waals surface area contributed by atoms with E-state index in [9.17, 15) is 14.0 Å². The maximum atomic E-state index is 13.4. The second-order valence-corrected chi connectivity index (χ2v) is 6.62. The summed E-state index contributed by atoms with van der Waals surface area (Å²) in [5.41, 5.74) is 12.9. The van der Waals surface area contributed by atoms with Crippen molar-refractivity contribution in [3.8, 4) is 0 Å². The van der Waals surface area contributed by atoms with Crippen molar-refractivity contribution in [2.75, 3.05) is 10.6 Å². The van der Waals surface area contributed by atoms with Gasteiger partial charge in [0, 0.05) is 12.1 Å². The average molecular weight is 409 g/mol. The summed E-state index contributed by atoms with van der Waals surface area (Å²) in [6.45, 7) is 1.94. The zero-order valence-corrected chi connectivity index (χ0v) is 16.1. The molecule has 6 N–H and O–H groups in total. The van der Waals surface area contributed by atoms with E-state index < -0.39 is 23.7 Å². The number of hydrogen-bond donors (Lipinski definition) is 4. The highest BCUT2D eigenvalue weighted by Crippen LogP contribution is 2.19. The third-order valence-corrected chi connectivity index (χ3v) is 4.21. The SMILES string of the molecule is Cc1ccc(Nc2nc(N[C@H](Cc3cccc(F)c3)C(N)=O)nnc2C(N)=O)cc1. The van der Waals surface area contributed by atoms with E-state index in [1.807, 2.05) is 19.1 Å². The Balaban J connectivity index is 1.85. The third kappa shape index (κ3) is 5.25. The van der Waals surface area contributed by atoms with Crippen LogP contribution in [0, 0.1) is 12.7 Å². The van der Waals surface area contributed by atoms with Crippen LogP contribution >= 0.6 is 0 Å². The number of primary amides is 2. The summed E-state index contributed by atoms with van der Waals surface area (Å²) in [5, 5.41) is 13.3. The number of hydrogen-bond acceptors (Lipinski definition) is 7. The molecule has 3 rings (SSSR count). The van der Waals surface area contributed by atoms with Gasteiger partial charge in [0.05, 0.1) is 0 Å². The van der Waals surface area contributed by atoms with Gasteiger partial charge in [0.2, 0.25) is 11.9 Å². The number of halogens is 1. The van der Waals surface area contributed by atoms with Crippen LogP contribution in [0.4, 0.5) is 21.8 Å². The van der Waals surface area contributed by atoms with Crippen LogP contribution in [0.15, 0.2) is 48.5 Å². The number of rotatable bonds is 8. The standard InChI is InChI=1S/C20H20FN7O2/c1-11-5-7-14(8-6-11)24-19-16(18(23)30)27-28-20(26-19)25-15(17(22)29)10-12-3-2-4-13(21)9-12/h2-9,15H,10H2,1H3,(H2,22,29)(H2,23,30)(H2,24,25,26,28)/t15-/m1/s1. The number of nitrogens with one attached hydrogen (secondary N) is 2. The molecule has 30 heavy (non-hydrogen) atoms. The lowest BCUT2D eigenvalue weighted by atomic mass is 10.1. The number of benzene rings is 2. The number of aryl methyl sites for hydroxylation is 1. The number of nitrogens with two attached hydrogens (primary N) is 2. The summed E-state index contributed by atoms with van der Waals surface area (Å²) in [6.07, 6.45) is 0.106. The van der Waals surface area contributed by atoms with E-state index in [1.54, 1.807) is 18.2 Å². The Morgan fingerprint density at radius 3 is 2.47 bits per heavy atom.